The number of hydrogen-bond acceptors (Lipinski definition) is 4. The molecule has 0 unspecified atom stereocenters. The van der Waals surface area contributed by atoms with E-state index in [2.05, 4.69) is 36.1 Å². The summed E-state index contributed by atoms with van der Waals surface area (Å²) in [5, 5.41) is 2.63. The van der Waals surface area contributed by atoms with Crippen molar-refractivity contribution in [3.05, 3.63) is 64.1 Å². The molecule has 0 saturated heterocycles. The van der Waals surface area contributed by atoms with Gasteiger partial charge in [-0.2, -0.15) is 0 Å². The number of carbonyl (C=O) groups is 2. The van der Waals surface area contributed by atoms with Gasteiger partial charge in [0, 0.05) is 5.69 Å². The summed E-state index contributed by atoms with van der Waals surface area (Å²) in [5.41, 5.74) is 2.88. The summed E-state index contributed by atoms with van der Waals surface area (Å²) in [6.07, 6.45) is 0. The number of rotatable bonds is 4. The summed E-state index contributed by atoms with van der Waals surface area (Å²) < 4.78 is 5.06. The molecule has 0 bridgehead atoms. The Balaban J connectivity index is 1.57. The molecule has 0 fully saturated rings. The molecule has 0 aliphatic heterocycles. The zero-order valence-corrected chi connectivity index (χ0v) is 15.4. The molecule has 7 nitrogen and oxygen atoms in total. The molecule has 0 radical (unpaired) electrons. The van der Waals surface area contributed by atoms with Gasteiger partial charge in [0.25, 0.3) is 5.91 Å². The summed E-state index contributed by atoms with van der Waals surface area (Å²) in [6, 6.07) is 12.1. The number of esters is 1. The van der Waals surface area contributed by atoms with Crippen molar-refractivity contribution in [3.63, 3.8) is 0 Å². The quantitative estimate of drug-likeness (QED) is 0.617. The molecule has 27 heavy (non-hydrogen) atoms. The SMILES string of the molecule is CC(C)(C)c1ccc(C(=O)OCC(=O)Nc2ccc3[nH]c(=O)[nH]c3c2)cc1. The second-order valence-electron chi connectivity index (χ2n) is 7.29. The highest BCUT2D eigenvalue weighted by Gasteiger charge is 2.15. The Morgan fingerprint density at radius 1 is 1.00 bits per heavy atom. The van der Waals surface area contributed by atoms with Crippen molar-refractivity contribution >= 4 is 28.6 Å². The standard InChI is InChI=1S/C20H21N3O4/c1-20(2,3)13-6-4-12(5-7-13)18(25)27-11-17(24)21-14-8-9-15-16(10-14)23-19(26)22-15/h4-10H,11H2,1-3H3,(H,21,24)(H2,22,23,26). The number of aromatic amines is 2. The third-order valence-electron chi connectivity index (χ3n) is 4.12. The van der Waals surface area contributed by atoms with Crippen LogP contribution in [0.3, 0.4) is 0 Å². The van der Waals surface area contributed by atoms with Gasteiger partial charge >= 0.3 is 11.7 Å². The Hall–Kier alpha value is -3.35. The van der Waals surface area contributed by atoms with E-state index < -0.39 is 18.5 Å². The van der Waals surface area contributed by atoms with Crippen LogP contribution in [-0.4, -0.2) is 28.5 Å². The summed E-state index contributed by atoms with van der Waals surface area (Å²) in [7, 11) is 0. The van der Waals surface area contributed by atoms with Gasteiger partial charge in [0.05, 0.1) is 16.6 Å². The summed E-state index contributed by atoms with van der Waals surface area (Å²) in [4.78, 5) is 40.6. The van der Waals surface area contributed by atoms with E-state index in [9.17, 15) is 14.4 Å². The first-order chi connectivity index (χ1) is 12.7. The molecule has 1 aromatic heterocycles. The van der Waals surface area contributed by atoms with Crippen LogP contribution in [0.15, 0.2) is 47.3 Å². The minimum absolute atomic E-state index is 0.00677. The molecule has 3 aromatic rings. The number of anilines is 1. The van der Waals surface area contributed by atoms with Crippen molar-refractivity contribution in [1.82, 2.24) is 9.97 Å². The van der Waals surface area contributed by atoms with Crippen LogP contribution in [0.25, 0.3) is 11.0 Å². The van der Waals surface area contributed by atoms with Gasteiger partial charge in [-0.1, -0.05) is 32.9 Å². The predicted molar refractivity (Wildman–Crippen MR) is 103 cm³/mol. The Morgan fingerprint density at radius 3 is 2.33 bits per heavy atom. The average molecular weight is 367 g/mol. The molecule has 7 heteroatoms. The highest BCUT2D eigenvalue weighted by Crippen LogP contribution is 2.22. The molecule has 140 valence electrons. The molecule has 0 aliphatic carbocycles. The third-order valence-corrected chi connectivity index (χ3v) is 4.12. The third kappa shape index (κ3) is 4.44. The number of amides is 1. The van der Waals surface area contributed by atoms with Crippen LogP contribution in [0.1, 0.15) is 36.7 Å². The second-order valence-corrected chi connectivity index (χ2v) is 7.29. The smallest absolute Gasteiger partial charge is 0.338 e. The fraction of sp³-hybridized carbons (Fsp3) is 0.250. The van der Waals surface area contributed by atoms with E-state index in [0.717, 1.165) is 5.56 Å². The van der Waals surface area contributed by atoms with Crippen LogP contribution in [-0.2, 0) is 14.9 Å². The average Bonchev–Trinajstić information content (AvgIpc) is 2.98. The van der Waals surface area contributed by atoms with Gasteiger partial charge in [0.2, 0.25) is 0 Å². The fourth-order valence-electron chi connectivity index (χ4n) is 2.63. The van der Waals surface area contributed by atoms with Gasteiger partial charge in [-0.3, -0.25) is 4.79 Å². The fourth-order valence-corrected chi connectivity index (χ4v) is 2.63. The first kappa shape index (κ1) is 18.4. The lowest BCUT2D eigenvalue weighted by molar-refractivity contribution is -0.119. The highest BCUT2D eigenvalue weighted by atomic mass is 16.5. The van der Waals surface area contributed by atoms with Crippen LogP contribution in [0.4, 0.5) is 5.69 Å². The largest absolute Gasteiger partial charge is 0.452 e. The molecular formula is C20H21N3O4. The van der Waals surface area contributed by atoms with Crippen molar-refractivity contribution in [2.75, 3.05) is 11.9 Å². The van der Waals surface area contributed by atoms with Crippen molar-refractivity contribution in [2.24, 2.45) is 0 Å². The van der Waals surface area contributed by atoms with Crippen molar-refractivity contribution < 1.29 is 14.3 Å². The summed E-state index contributed by atoms with van der Waals surface area (Å²) in [6.45, 7) is 5.86. The van der Waals surface area contributed by atoms with E-state index in [1.165, 1.54) is 0 Å². The monoisotopic (exact) mass is 367 g/mol. The van der Waals surface area contributed by atoms with Crippen LogP contribution >= 0.6 is 0 Å². The van der Waals surface area contributed by atoms with Crippen molar-refractivity contribution in [3.8, 4) is 0 Å². The maximum Gasteiger partial charge on any atom is 0.338 e. The van der Waals surface area contributed by atoms with E-state index in [0.29, 0.717) is 22.3 Å². The first-order valence-electron chi connectivity index (χ1n) is 8.52. The molecule has 1 amide bonds. The molecule has 3 N–H and O–H groups in total. The number of aromatic nitrogens is 2. The van der Waals surface area contributed by atoms with E-state index >= 15 is 0 Å². The van der Waals surface area contributed by atoms with Crippen LogP contribution in [0.2, 0.25) is 0 Å². The topological polar surface area (TPSA) is 104 Å². The lowest BCUT2D eigenvalue weighted by Crippen LogP contribution is -2.21. The molecule has 0 spiro atoms. The van der Waals surface area contributed by atoms with Gasteiger partial charge in [0.15, 0.2) is 6.61 Å². The zero-order valence-electron chi connectivity index (χ0n) is 15.4. The molecule has 3 rings (SSSR count). The minimum atomic E-state index is -0.559. The van der Waals surface area contributed by atoms with Gasteiger partial charge in [0.1, 0.15) is 0 Å². The maximum absolute atomic E-state index is 12.1. The van der Waals surface area contributed by atoms with Gasteiger partial charge in [-0.05, 0) is 41.3 Å². The first-order valence-corrected chi connectivity index (χ1v) is 8.52. The van der Waals surface area contributed by atoms with Gasteiger partial charge < -0.3 is 20.0 Å². The van der Waals surface area contributed by atoms with Crippen LogP contribution < -0.4 is 11.0 Å². The molecule has 2 aromatic carbocycles. The molecular weight excluding hydrogens is 346 g/mol. The van der Waals surface area contributed by atoms with Gasteiger partial charge in [-0.25, -0.2) is 9.59 Å². The normalized spacial score (nSPS) is 11.4. The van der Waals surface area contributed by atoms with E-state index in [1.54, 1.807) is 30.3 Å². The minimum Gasteiger partial charge on any atom is -0.452 e. The number of nitrogens with one attached hydrogen (secondary N) is 3. The Labute approximate surface area is 155 Å². The number of imidazole rings is 1. The zero-order chi connectivity index (χ0) is 19.6. The van der Waals surface area contributed by atoms with Gasteiger partial charge in [-0.15, -0.1) is 0 Å². The molecule has 1 heterocycles. The molecule has 0 atom stereocenters. The van der Waals surface area contributed by atoms with E-state index in [-0.39, 0.29) is 11.1 Å². The maximum atomic E-state index is 12.1. The lowest BCUT2D eigenvalue weighted by atomic mass is 9.87. The number of hydrogen-bond donors (Lipinski definition) is 3. The number of H-pyrrole nitrogens is 2. The lowest BCUT2D eigenvalue weighted by Gasteiger charge is -2.18. The van der Waals surface area contributed by atoms with E-state index in [4.69, 9.17) is 4.74 Å². The Kier molecular flexibility index (Phi) is 4.85. The molecule has 0 saturated carbocycles. The van der Waals surface area contributed by atoms with E-state index in [1.807, 2.05) is 12.1 Å². The Bertz CT molecular complexity index is 1040. The number of ether oxygens (including phenoxy) is 1. The number of fused-ring (bicyclic) bond motifs is 1. The second kappa shape index (κ2) is 7.11. The molecule has 0 aliphatic rings. The Morgan fingerprint density at radius 2 is 1.67 bits per heavy atom. The van der Waals surface area contributed by atoms with Crippen molar-refractivity contribution in [1.29, 1.82) is 0 Å². The summed E-state index contributed by atoms with van der Waals surface area (Å²) >= 11 is 0. The number of benzene rings is 2. The number of carbonyl (C=O) groups excluding carboxylic acids is 2. The van der Waals surface area contributed by atoms with Crippen LogP contribution in [0, 0.1) is 0 Å². The van der Waals surface area contributed by atoms with Crippen LogP contribution in [0.5, 0.6) is 0 Å². The summed E-state index contributed by atoms with van der Waals surface area (Å²) in [5.74, 6) is -1.03. The predicted octanol–water partition coefficient (Wildman–Crippen LogP) is 2.95. The highest BCUT2D eigenvalue weighted by molar-refractivity contribution is 5.96. The van der Waals surface area contributed by atoms with Crippen molar-refractivity contribution in [2.45, 2.75) is 26.2 Å².